The maximum atomic E-state index is 12.5. The van der Waals surface area contributed by atoms with Gasteiger partial charge in [-0.05, 0) is 26.7 Å². The molecule has 1 N–H and O–H groups in total. The van der Waals surface area contributed by atoms with E-state index in [4.69, 9.17) is 4.52 Å². The van der Waals surface area contributed by atoms with Gasteiger partial charge in [0.1, 0.15) is 5.76 Å². The molecule has 1 aromatic heterocycles. The second-order valence-electron chi connectivity index (χ2n) is 6.97. The van der Waals surface area contributed by atoms with Crippen LogP contribution in [0.5, 0.6) is 0 Å². The van der Waals surface area contributed by atoms with Gasteiger partial charge in [-0.2, -0.15) is 0 Å². The summed E-state index contributed by atoms with van der Waals surface area (Å²) in [6.45, 7) is 10.2. The minimum atomic E-state index is -0.191. The van der Waals surface area contributed by atoms with Crippen LogP contribution in [-0.4, -0.2) is 82.8 Å². The van der Waals surface area contributed by atoms with Gasteiger partial charge in [0.25, 0.3) is 0 Å². The summed E-state index contributed by atoms with van der Waals surface area (Å²) in [5.41, 5.74) is 2.12. The summed E-state index contributed by atoms with van der Waals surface area (Å²) < 4.78 is 5.22. The Balaban J connectivity index is 1.44. The van der Waals surface area contributed by atoms with Gasteiger partial charge in [-0.15, -0.1) is 0 Å². The number of piperazine rings is 1. The molecule has 3 rings (SSSR count). The molecule has 2 saturated heterocycles. The Morgan fingerprint density at radius 1 is 1.12 bits per heavy atom. The van der Waals surface area contributed by atoms with Crippen molar-refractivity contribution in [1.29, 1.82) is 0 Å². The van der Waals surface area contributed by atoms with Crippen LogP contribution in [0.25, 0.3) is 0 Å². The predicted octanol–water partition coefficient (Wildman–Crippen LogP) is 0.392. The van der Waals surface area contributed by atoms with E-state index in [1.54, 1.807) is 0 Å². The fourth-order valence-corrected chi connectivity index (χ4v) is 3.48. The number of carbonyl (C=O) groups excluding carboxylic acids is 1. The topological polar surface area (TPSA) is 73.1 Å². The molecule has 1 aromatic rings. The van der Waals surface area contributed by atoms with Gasteiger partial charge in [-0.3, -0.25) is 14.6 Å². The van der Waals surface area contributed by atoms with E-state index >= 15 is 0 Å². The Hall–Kier alpha value is -1.44. The Labute approximate surface area is 143 Å². The number of aryl methyl sites for hydroxylation is 2. The molecule has 2 aliphatic heterocycles. The van der Waals surface area contributed by atoms with Crippen LogP contribution in [0.3, 0.4) is 0 Å². The molecule has 0 spiro atoms. The molecule has 3 heterocycles. The summed E-state index contributed by atoms with van der Waals surface area (Å²) in [7, 11) is 0. The molecule has 0 unspecified atom stereocenters. The summed E-state index contributed by atoms with van der Waals surface area (Å²) in [5, 5.41) is 13.6. The zero-order valence-corrected chi connectivity index (χ0v) is 14.7. The zero-order chi connectivity index (χ0) is 17.1. The highest BCUT2D eigenvalue weighted by Gasteiger charge is 2.25. The molecule has 24 heavy (non-hydrogen) atoms. The van der Waals surface area contributed by atoms with Gasteiger partial charge in [0.15, 0.2) is 0 Å². The van der Waals surface area contributed by atoms with E-state index in [0.717, 1.165) is 70.1 Å². The molecule has 2 aliphatic rings. The molecule has 1 amide bonds. The van der Waals surface area contributed by atoms with Gasteiger partial charge < -0.3 is 14.5 Å². The summed E-state index contributed by atoms with van der Waals surface area (Å²) >= 11 is 0. The number of aliphatic hydroxyl groups is 1. The lowest BCUT2D eigenvalue weighted by molar-refractivity contribution is -0.134. The van der Waals surface area contributed by atoms with Crippen LogP contribution >= 0.6 is 0 Å². The number of aliphatic hydroxyl groups excluding tert-OH is 1. The highest BCUT2D eigenvalue weighted by molar-refractivity contribution is 5.78. The van der Waals surface area contributed by atoms with E-state index in [2.05, 4.69) is 15.0 Å². The predicted molar refractivity (Wildman–Crippen MR) is 89.5 cm³/mol. The number of likely N-dealkylation sites (tertiary alicyclic amines) is 1. The fraction of sp³-hybridized carbons (Fsp3) is 0.765. The van der Waals surface area contributed by atoms with Crippen molar-refractivity contribution in [1.82, 2.24) is 19.9 Å². The third-order valence-electron chi connectivity index (χ3n) is 5.20. The lowest BCUT2D eigenvalue weighted by Gasteiger charge is -2.36. The molecule has 2 fully saturated rings. The third kappa shape index (κ3) is 4.15. The van der Waals surface area contributed by atoms with Crippen LogP contribution in [0.15, 0.2) is 4.52 Å². The molecular weight excluding hydrogens is 308 g/mol. The van der Waals surface area contributed by atoms with E-state index in [1.807, 2.05) is 18.7 Å². The van der Waals surface area contributed by atoms with Crippen LogP contribution in [0.4, 0.5) is 0 Å². The largest absolute Gasteiger partial charge is 0.393 e. The van der Waals surface area contributed by atoms with Crippen molar-refractivity contribution >= 4 is 5.91 Å². The Morgan fingerprint density at radius 3 is 2.38 bits per heavy atom. The van der Waals surface area contributed by atoms with Crippen LogP contribution in [-0.2, 0) is 11.3 Å². The fourth-order valence-electron chi connectivity index (χ4n) is 3.48. The van der Waals surface area contributed by atoms with E-state index in [-0.39, 0.29) is 12.0 Å². The first-order valence-electron chi connectivity index (χ1n) is 8.85. The normalized spacial score (nSPS) is 21.4. The third-order valence-corrected chi connectivity index (χ3v) is 5.20. The van der Waals surface area contributed by atoms with Crippen molar-refractivity contribution in [2.75, 3.05) is 45.8 Å². The maximum absolute atomic E-state index is 12.5. The lowest BCUT2D eigenvalue weighted by atomic mass is 10.1. The molecule has 0 atom stereocenters. The number of aromatic nitrogens is 1. The van der Waals surface area contributed by atoms with Crippen molar-refractivity contribution in [2.45, 2.75) is 39.3 Å². The molecule has 7 heteroatoms. The van der Waals surface area contributed by atoms with E-state index in [9.17, 15) is 9.90 Å². The molecule has 7 nitrogen and oxygen atoms in total. The molecule has 134 valence electrons. The number of piperidine rings is 1. The van der Waals surface area contributed by atoms with Crippen LogP contribution in [0, 0.1) is 13.8 Å². The van der Waals surface area contributed by atoms with Crippen molar-refractivity contribution in [2.24, 2.45) is 0 Å². The monoisotopic (exact) mass is 336 g/mol. The number of hydrogen-bond acceptors (Lipinski definition) is 6. The SMILES string of the molecule is Cc1noc(C)c1CN1CCN(C(=O)CN2CCC(O)CC2)CC1. The Morgan fingerprint density at radius 2 is 1.79 bits per heavy atom. The van der Waals surface area contributed by atoms with Gasteiger partial charge in [-0.1, -0.05) is 5.16 Å². The summed E-state index contributed by atoms with van der Waals surface area (Å²) in [5.74, 6) is 1.10. The summed E-state index contributed by atoms with van der Waals surface area (Å²) in [6.07, 6.45) is 1.36. The van der Waals surface area contributed by atoms with Gasteiger partial charge in [0.05, 0.1) is 18.3 Å². The number of rotatable bonds is 4. The first-order valence-corrected chi connectivity index (χ1v) is 8.85. The van der Waals surface area contributed by atoms with Gasteiger partial charge in [0.2, 0.25) is 5.91 Å². The van der Waals surface area contributed by atoms with E-state index in [1.165, 1.54) is 5.56 Å². The average molecular weight is 336 g/mol. The minimum absolute atomic E-state index is 0.191. The number of amides is 1. The molecule has 0 saturated carbocycles. The van der Waals surface area contributed by atoms with Gasteiger partial charge in [0, 0.05) is 51.4 Å². The van der Waals surface area contributed by atoms with Crippen LogP contribution in [0.1, 0.15) is 29.9 Å². The maximum Gasteiger partial charge on any atom is 0.236 e. The van der Waals surface area contributed by atoms with Gasteiger partial charge in [-0.25, -0.2) is 0 Å². The summed E-state index contributed by atoms with van der Waals surface area (Å²) in [6, 6.07) is 0. The number of nitrogens with zero attached hydrogens (tertiary/aromatic N) is 4. The molecule has 0 bridgehead atoms. The minimum Gasteiger partial charge on any atom is -0.393 e. The second kappa shape index (κ2) is 7.63. The van der Waals surface area contributed by atoms with E-state index in [0.29, 0.717) is 6.54 Å². The van der Waals surface area contributed by atoms with Crippen LogP contribution in [0.2, 0.25) is 0 Å². The zero-order valence-electron chi connectivity index (χ0n) is 14.7. The lowest BCUT2D eigenvalue weighted by Crippen LogP contribution is -2.51. The molecular formula is C17H28N4O3. The quantitative estimate of drug-likeness (QED) is 0.858. The first kappa shape index (κ1) is 17.4. The van der Waals surface area contributed by atoms with E-state index < -0.39 is 0 Å². The first-order chi connectivity index (χ1) is 11.5. The van der Waals surface area contributed by atoms with Gasteiger partial charge >= 0.3 is 0 Å². The molecule has 0 aromatic carbocycles. The van der Waals surface area contributed by atoms with Crippen molar-refractivity contribution < 1.29 is 14.4 Å². The highest BCUT2D eigenvalue weighted by Crippen LogP contribution is 2.16. The van der Waals surface area contributed by atoms with Crippen molar-refractivity contribution in [3.63, 3.8) is 0 Å². The van der Waals surface area contributed by atoms with Crippen LogP contribution < -0.4 is 0 Å². The average Bonchev–Trinajstić information content (AvgIpc) is 2.89. The van der Waals surface area contributed by atoms with Crippen molar-refractivity contribution in [3.8, 4) is 0 Å². The standard InChI is InChI=1S/C17H28N4O3/c1-13-16(14(2)24-18-13)11-20-7-9-21(10-8-20)17(23)12-19-5-3-15(22)4-6-19/h15,22H,3-12H2,1-2H3. The highest BCUT2D eigenvalue weighted by atomic mass is 16.5. The Kier molecular flexibility index (Phi) is 5.53. The summed E-state index contributed by atoms with van der Waals surface area (Å²) in [4.78, 5) is 18.9. The molecule has 0 radical (unpaired) electrons. The number of hydrogen-bond donors (Lipinski definition) is 1. The Bertz CT molecular complexity index is 539. The smallest absolute Gasteiger partial charge is 0.236 e. The van der Waals surface area contributed by atoms with Crippen molar-refractivity contribution in [3.05, 3.63) is 17.0 Å². The number of carbonyl (C=O) groups is 1. The molecule has 0 aliphatic carbocycles. The second-order valence-corrected chi connectivity index (χ2v) is 6.97.